The second-order valence-electron chi connectivity index (χ2n) is 9.15. The van der Waals surface area contributed by atoms with Gasteiger partial charge < -0.3 is 4.90 Å². The van der Waals surface area contributed by atoms with E-state index in [1.807, 2.05) is 6.92 Å². The van der Waals surface area contributed by atoms with Crippen LogP contribution in [0.15, 0.2) is 70.6 Å². The number of aliphatic imine (C=N–C) groups is 1. The second kappa shape index (κ2) is 12.7. The summed E-state index contributed by atoms with van der Waals surface area (Å²) in [4.78, 5) is 34.7. The van der Waals surface area contributed by atoms with Crippen molar-refractivity contribution in [2.75, 3.05) is 14.1 Å². The molecule has 0 N–H and O–H groups in total. The van der Waals surface area contributed by atoms with Gasteiger partial charge in [-0.15, -0.1) is 0 Å². The molecule has 6 nitrogen and oxygen atoms in total. The zero-order valence-electron chi connectivity index (χ0n) is 22.2. The van der Waals surface area contributed by atoms with Crippen LogP contribution in [-0.4, -0.2) is 40.2 Å². The van der Waals surface area contributed by atoms with Crippen LogP contribution in [0.3, 0.4) is 0 Å². The zero-order chi connectivity index (χ0) is 28.9. The Morgan fingerprint density at radius 1 is 1.21 bits per heavy atom. The number of rotatable bonds is 8. The van der Waals surface area contributed by atoms with Crippen LogP contribution < -0.4 is 5.56 Å². The first kappa shape index (κ1) is 29.6. The van der Waals surface area contributed by atoms with Crippen molar-refractivity contribution in [1.82, 2.24) is 14.5 Å². The van der Waals surface area contributed by atoms with Crippen LogP contribution in [0.2, 0.25) is 5.02 Å². The maximum Gasteiger partial charge on any atom is 0.273 e. The van der Waals surface area contributed by atoms with Crippen molar-refractivity contribution in [2.24, 2.45) is 4.99 Å². The molecule has 3 rings (SSSR count). The summed E-state index contributed by atoms with van der Waals surface area (Å²) in [6.45, 7) is 5.08. The van der Waals surface area contributed by atoms with E-state index < -0.39 is 34.6 Å². The van der Waals surface area contributed by atoms with Crippen molar-refractivity contribution in [2.45, 2.75) is 33.1 Å². The molecule has 2 heterocycles. The third-order valence-corrected chi connectivity index (χ3v) is 6.33. The summed E-state index contributed by atoms with van der Waals surface area (Å²) in [5.74, 6) is -3.30. The Hall–Kier alpha value is -3.98. The van der Waals surface area contributed by atoms with E-state index in [4.69, 9.17) is 11.6 Å². The molecule has 0 fully saturated rings. The van der Waals surface area contributed by atoms with Crippen LogP contribution in [0.25, 0.3) is 6.20 Å². The molecular weight excluding hydrogens is 529 g/mol. The van der Waals surface area contributed by atoms with Gasteiger partial charge in [0.1, 0.15) is 22.4 Å². The molecule has 39 heavy (non-hydrogen) atoms. The van der Waals surface area contributed by atoms with E-state index >= 15 is 8.78 Å². The molecule has 0 spiro atoms. The fourth-order valence-electron chi connectivity index (χ4n) is 4.00. The van der Waals surface area contributed by atoms with Crippen LogP contribution in [0, 0.1) is 18.6 Å². The van der Waals surface area contributed by atoms with E-state index in [1.165, 1.54) is 61.7 Å². The average Bonchev–Trinajstić information content (AvgIpc) is 2.89. The summed E-state index contributed by atoms with van der Waals surface area (Å²) in [6, 6.07) is 7.02. The van der Waals surface area contributed by atoms with Gasteiger partial charge in [-0.25, -0.2) is 13.2 Å². The maximum absolute atomic E-state index is 15.7. The summed E-state index contributed by atoms with van der Waals surface area (Å²) in [6.07, 6.45) is 6.70. The van der Waals surface area contributed by atoms with Gasteiger partial charge in [-0.2, -0.15) is 0 Å². The van der Waals surface area contributed by atoms with Gasteiger partial charge in [0.15, 0.2) is 5.83 Å². The fourth-order valence-corrected chi connectivity index (χ4v) is 4.33. The molecule has 204 valence electrons. The minimum Gasteiger partial charge on any atom is -0.345 e. The highest BCUT2D eigenvalue weighted by Gasteiger charge is 2.22. The SMILES string of the molecule is C/C=C/N=C(/C(F)=C/n1c(C)cc(C(C)Cc2cncc(F)c2)c(Cl)c1=O)c1cccc(C(=O)N(C)C)c1F. The van der Waals surface area contributed by atoms with Crippen LogP contribution in [0.1, 0.15) is 52.5 Å². The number of aryl methyl sites for hydroxylation is 1. The van der Waals surface area contributed by atoms with Crippen molar-refractivity contribution in [1.29, 1.82) is 0 Å². The first-order valence-corrected chi connectivity index (χ1v) is 12.4. The number of hydrogen-bond donors (Lipinski definition) is 0. The molecule has 1 unspecified atom stereocenters. The van der Waals surface area contributed by atoms with E-state index in [0.717, 1.165) is 17.0 Å². The van der Waals surface area contributed by atoms with Gasteiger partial charge in [0.25, 0.3) is 11.5 Å². The number of amides is 1. The van der Waals surface area contributed by atoms with Crippen LogP contribution in [0.5, 0.6) is 0 Å². The summed E-state index contributed by atoms with van der Waals surface area (Å²) in [5.41, 5.74) is -0.0838. The predicted molar refractivity (Wildman–Crippen MR) is 148 cm³/mol. The van der Waals surface area contributed by atoms with E-state index in [9.17, 15) is 14.0 Å². The van der Waals surface area contributed by atoms with E-state index in [0.29, 0.717) is 23.2 Å². The number of aromatic nitrogens is 2. The molecule has 2 aromatic heterocycles. The van der Waals surface area contributed by atoms with E-state index in [1.54, 1.807) is 19.9 Å². The molecule has 0 aliphatic heterocycles. The Bertz CT molecular complexity index is 1540. The minimum atomic E-state index is -1.02. The number of hydrogen-bond acceptors (Lipinski definition) is 4. The molecule has 0 saturated heterocycles. The Morgan fingerprint density at radius 3 is 2.54 bits per heavy atom. The quantitative estimate of drug-likeness (QED) is 0.305. The van der Waals surface area contributed by atoms with Gasteiger partial charge in [0.2, 0.25) is 0 Å². The average molecular weight is 557 g/mol. The van der Waals surface area contributed by atoms with E-state index in [2.05, 4.69) is 9.98 Å². The molecule has 0 radical (unpaired) electrons. The molecule has 3 aromatic rings. The number of pyridine rings is 2. The monoisotopic (exact) mass is 556 g/mol. The van der Waals surface area contributed by atoms with Gasteiger partial charge in [0, 0.05) is 37.7 Å². The summed E-state index contributed by atoms with van der Waals surface area (Å²) >= 11 is 6.42. The number of carbonyl (C=O) groups excluding carboxylic acids is 1. The highest BCUT2D eigenvalue weighted by Crippen LogP contribution is 2.27. The van der Waals surface area contributed by atoms with Gasteiger partial charge >= 0.3 is 0 Å². The molecule has 1 amide bonds. The Balaban J connectivity index is 2.07. The molecule has 0 aliphatic carbocycles. The van der Waals surface area contributed by atoms with Crippen LogP contribution >= 0.6 is 11.6 Å². The lowest BCUT2D eigenvalue weighted by molar-refractivity contribution is 0.0823. The number of halogens is 4. The summed E-state index contributed by atoms with van der Waals surface area (Å²) in [7, 11) is 2.95. The number of benzene rings is 1. The summed E-state index contributed by atoms with van der Waals surface area (Å²) < 4.78 is 45.6. The van der Waals surface area contributed by atoms with Gasteiger partial charge in [-0.3, -0.25) is 24.1 Å². The number of allylic oxidation sites excluding steroid dienone is 2. The molecule has 1 aromatic carbocycles. The van der Waals surface area contributed by atoms with Gasteiger partial charge in [0.05, 0.1) is 18.0 Å². The number of nitrogens with zero attached hydrogens (tertiary/aromatic N) is 4. The molecule has 0 saturated carbocycles. The third kappa shape index (κ3) is 6.72. The second-order valence-corrected chi connectivity index (χ2v) is 9.53. The molecule has 10 heteroatoms. The molecular formula is C29H28ClF3N4O2. The van der Waals surface area contributed by atoms with Crippen molar-refractivity contribution >= 4 is 29.4 Å². The molecule has 0 bridgehead atoms. The zero-order valence-corrected chi connectivity index (χ0v) is 22.9. The Labute approximate surface area is 229 Å². The van der Waals surface area contributed by atoms with Crippen molar-refractivity contribution in [3.63, 3.8) is 0 Å². The first-order chi connectivity index (χ1) is 18.5. The van der Waals surface area contributed by atoms with Crippen molar-refractivity contribution in [3.8, 4) is 0 Å². The lowest BCUT2D eigenvalue weighted by atomic mass is 9.94. The van der Waals surface area contributed by atoms with Crippen LogP contribution in [0.4, 0.5) is 13.2 Å². The van der Waals surface area contributed by atoms with E-state index in [-0.39, 0.29) is 22.1 Å². The van der Waals surface area contributed by atoms with Crippen molar-refractivity contribution < 1.29 is 18.0 Å². The van der Waals surface area contributed by atoms with Gasteiger partial charge in [-0.05, 0) is 61.6 Å². The largest absolute Gasteiger partial charge is 0.345 e. The van der Waals surface area contributed by atoms with Gasteiger partial charge in [-0.1, -0.05) is 30.7 Å². The molecule has 0 aliphatic rings. The van der Waals surface area contributed by atoms with Crippen LogP contribution in [-0.2, 0) is 6.42 Å². The highest BCUT2D eigenvalue weighted by molar-refractivity contribution is 6.31. The third-order valence-electron chi connectivity index (χ3n) is 5.95. The Morgan fingerprint density at radius 2 is 1.90 bits per heavy atom. The summed E-state index contributed by atoms with van der Waals surface area (Å²) in [5, 5.41) is -0.127. The fraction of sp³-hybridized carbons (Fsp3) is 0.241. The van der Waals surface area contributed by atoms with Crippen molar-refractivity contribution in [3.05, 3.63) is 116 Å². The predicted octanol–water partition coefficient (Wildman–Crippen LogP) is 6.32. The number of carbonyl (C=O) groups is 1. The molecule has 1 atom stereocenters. The smallest absolute Gasteiger partial charge is 0.273 e. The highest BCUT2D eigenvalue weighted by atomic mass is 35.5. The first-order valence-electron chi connectivity index (χ1n) is 12.0. The normalized spacial score (nSPS) is 13.2. The lowest BCUT2D eigenvalue weighted by Gasteiger charge is -2.17. The standard InChI is InChI=1S/C29H28ClF3N4O2/c1-6-10-35-27(21-8-7-9-22(26(21)33)28(38)36(4)5)24(32)16-37-18(3)12-23(25(30)29(37)39)17(2)11-19-13-20(31)15-34-14-19/h6-10,12-17H,11H2,1-5H3/b10-6+,24-16-,35-27+. The minimum absolute atomic E-state index is 0.127. The Kier molecular flexibility index (Phi) is 9.64. The maximum atomic E-state index is 15.7. The topological polar surface area (TPSA) is 67.6 Å². The lowest BCUT2D eigenvalue weighted by Crippen LogP contribution is -2.24.